The Morgan fingerprint density at radius 2 is 2.00 bits per heavy atom. The summed E-state index contributed by atoms with van der Waals surface area (Å²) in [7, 11) is 0. The molecule has 0 atom stereocenters. The Hall–Kier alpha value is -1.06. The molecule has 0 aromatic heterocycles. The third-order valence-electron chi connectivity index (χ3n) is 4.86. The van der Waals surface area contributed by atoms with Gasteiger partial charge < -0.3 is 9.47 Å². The van der Waals surface area contributed by atoms with Crippen LogP contribution in [0.25, 0.3) is 0 Å². The van der Waals surface area contributed by atoms with Crippen molar-refractivity contribution in [1.82, 2.24) is 4.90 Å². The molecule has 2 aliphatic rings. The summed E-state index contributed by atoms with van der Waals surface area (Å²) in [5.74, 6) is 1.94. The molecule has 2 fully saturated rings. The second-order valence-corrected chi connectivity index (χ2v) is 7.00. The van der Waals surface area contributed by atoms with Gasteiger partial charge in [0.25, 0.3) is 0 Å². The van der Waals surface area contributed by atoms with Crippen molar-refractivity contribution in [2.45, 2.75) is 45.4 Å². The van der Waals surface area contributed by atoms with E-state index in [1.807, 2.05) is 0 Å². The van der Waals surface area contributed by atoms with Gasteiger partial charge in [-0.15, -0.1) is 0 Å². The first kappa shape index (κ1) is 16.8. The number of morpholine rings is 1. The van der Waals surface area contributed by atoms with E-state index in [2.05, 4.69) is 30.0 Å². The summed E-state index contributed by atoms with van der Waals surface area (Å²) >= 11 is 0. The van der Waals surface area contributed by atoms with Crippen molar-refractivity contribution in [2.75, 3.05) is 39.5 Å². The number of hydrogen-bond donors (Lipinski definition) is 0. The van der Waals surface area contributed by atoms with Crippen LogP contribution in [0.3, 0.4) is 0 Å². The Kier molecular flexibility index (Phi) is 6.35. The quantitative estimate of drug-likeness (QED) is 0.693. The highest BCUT2D eigenvalue weighted by Crippen LogP contribution is 2.31. The van der Waals surface area contributed by atoms with Crippen molar-refractivity contribution in [3.63, 3.8) is 0 Å². The average molecular weight is 317 g/mol. The molecule has 1 heterocycles. The van der Waals surface area contributed by atoms with E-state index in [4.69, 9.17) is 9.47 Å². The molecule has 0 N–H and O–H groups in total. The SMILES string of the molecule is CCCc1ccc(OCC2CC2)c(CCCN2CCOCC2)c1. The number of rotatable bonds is 9. The molecule has 0 amide bonds. The van der Waals surface area contributed by atoms with Gasteiger partial charge in [-0.3, -0.25) is 4.90 Å². The molecule has 1 aliphatic heterocycles. The van der Waals surface area contributed by atoms with Gasteiger partial charge in [-0.05, 0) is 61.8 Å². The minimum absolute atomic E-state index is 0.812. The molecular weight excluding hydrogens is 286 g/mol. The van der Waals surface area contributed by atoms with E-state index >= 15 is 0 Å². The smallest absolute Gasteiger partial charge is 0.122 e. The van der Waals surface area contributed by atoms with Crippen LogP contribution in [-0.4, -0.2) is 44.4 Å². The van der Waals surface area contributed by atoms with Crippen LogP contribution in [0.15, 0.2) is 18.2 Å². The number of nitrogens with zero attached hydrogens (tertiary/aromatic N) is 1. The Labute approximate surface area is 141 Å². The Balaban J connectivity index is 1.55. The van der Waals surface area contributed by atoms with E-state index in [1.54, 1.807) is 0 Å². The summed E-state index contributed by atoms with van der Waals surface area (Å²) in [5, 5.41) is 0. The molecule has 0 bridgehead atoms. The zero-order valence-corrected chi connectivity index (χ0v) is 14.6. The number of hydrogen-bond acceptors (Lipinski definition) is 3. The summed E-state index contributed by atoms with van der Waals surface area (Å²) in [4.78, 5) is 2.52. The van der Waals surface area contributed by atoms with Crippen LogP contribution >= 0.6 is 0 Å². The molecule has 1 aromatic carbocycles. The van der Waals surface area contributed by atoms with Gasteiger partial charge in [-0.1, -0.05) is 25.5 Å². The van der Waals surface area contributed by atoms with Gasteiger partial charge in [0.05, 0.1) is 19.8 Å². The zero-order chi connectivity index (χ0) is 15.9. The van der Waals surface area contributed by atoms with Gasteiger partial charge in [0.1, 0.15) is 5.75 Å². The molecule has 3 heteroatoms. The molecule has 3 nitrogen and oxygen atoms in total. The first-order valence-corrected chi connectivity index (χ1v) is 9.40. The highest BCUT2D eigenvalue weighted by Gasteiger charge is 2.22. The number of aryl methyl sites for hydroxylation is 2. The Morgan fingerprint density at radius 1 is 1.17 bits per heavy atom. The van der Waals surface area contributed by atoms with Crippen molar-refractivity contribution >= 4 is 0 Å². The topological polar surface area (TPSA) is 21.7 Å². The molecule has 23 heavy (non-hydrogen) atoms. The molecule has 1 aliphatic carbocycles. The lowest BCUT2D eigenvalue weighted by Crippen LogP contribution is -2.36. The second kappa shape index (κ2) is 8.70. The Bertz CT molecular complexity index is 479. The zero-order valence-electron chi connectivity index (χ0n) is 14.6. The number of ether oxygens (including phenoxy) is 2. The highest BCUT2D eigenvalue weighted by atomic mass is 16.5. The van der Waals surface area contributed by atoms with Crippen molar-refractivity contribution in [1.29, 1.82) is 0 Å². The third-order valence-corrected chi connectivity index (χ3v) is 4.86. The summed E-state index contributed by atoms with van der Waals surface area (Å²) in [5.41, 5.74) is 2.86. The molecule has 128 valence electrons. The van der Waals surface area contributed by atoms with Crippen LogP contribution in [0.2, 0.25) is 0 Å². The minimum Gasteiger partial charge on any atom is -0.493 e. The van der Waals surface area contributed by atoms with E-state index in [9.17, 15) is 0 Å². The maximum atomic E-state index is 6.10. The van der Waals surface area contributed by atoms with E-state index in [1.165, 1.54) is 49.8 Å². The highest BCUT2D eigenvalue weighted by molar-refractivity contribution is 5.37. The van der Waals surface area contributed by atoms with Gasteiger partial charge in [0.15, 0.2) is 0 Å². The normalized spacial score (nSPS) is 19.0. The molecule has 1 aromatic rings. The van der Waals surface area contributed by atoms with Crippen LogP contribution in [0.1, 0.15) is 43.7 Å². The molecule has 0 spiro atoms. The van der Waals surface area contributed by atoms with Gasteiger partial charge in [-0.2, -0.15) is 0 Å². The summed E-state index contributed by atoms with van der Waals surface area (Å²) in [6.45, 7) is 8.27. The molecule has 3 rings (SSSR count). The lowest BCUT2D eigenvalue weighted by molar-refractivity contribution is 0.0374. The van der Waals surface area contributed by atoms with E-state index in [-0.39, 0.29) is 0 Å². The Morgan fingerprint density at radius 3 is 2.74 bits per heavy atom. The molecular formula is C20H31NO2. The lowest BCUT2D eigenvalue weighted by atomic mass is 10.0. The summed E-state index contributed by atoms with van der Waals surface area (Å²) in [6, 6.07) is 6.83. The van der Waals surface area contributed by atoms with E-state index < -0.39 is 0 Å². The van der Waals surface area contributed by atoms with Crippen molar-refractivity contribution in [3.8, 4) is 5.75 Å². The van der Waals surface area contributed by atoms with Crippen molar-refractivity contribution < 1.29 is 9.47 Å². The predicted octanol–water partition coefficient (Wildman–Crippen LogP) is 3.69. The van der Waals surface area contributed by atoms with Crippen LogP contribution < -0.4 is 4.74 Å². The van der Waals surface area contributed by atoms with Gasteiger partial charge in [-0.25, -0.2) is 0 Å². The lowest BCUT2D eigenvalue weighted by Gasteiger charge is -2.26. The van der Waals surface area contributed by atoms with Crippen LogP contribution in [-0.2, 0) is 17.6 Å². The van der Waals surface area contributed by atoms with Gasteiger partial charge in [0.2, 0.25) is 0 Å². The van der Waals surface area contributed by atoms with Crippen molar-refractivity contribution in [2.24, 2.45) is 5.92 Å². The largest absolute Gasteiger partial charge is 0.493 e. The molecule has 1 saturated heterocycles. The maximum Gasteiger partial charge on any atom is 0.122 e. The average Bonchev–Trinajstić information content (AvgIpc) is 3.40. The molecule has 0 radical (unpaired) electrons. The minimum atomic E-state index is 0.812. The summed E-state index contributed by atoms with van der Waals surface area (Å²) in [6.07, 6.45) is 7.39. The fraction of sp³-hybridized carbons (Fsp3) is 0.700. The third kappa shape index (κ3) is 5.50. The van der Waals surface area contributed by atoms with Gasteiger partial charge >= 0.3 is 0 Å². The van der Waals surface area contributed by atoms with Crippen LogP contribution in [0.5, 0.6) is 5.75 Å². The van der Waals surface area contributed by atoms with Gasteiger partial charge in [0, 0.05) is 13.1 Å². The number of benzene rings is 1. The molecule has 1 saturated carbocycles. The fourth-order valence-corrected chi connectivity index (χ4v) is 3.22. The monoisotopic (exact) mass is 317 g/mol. The fourth-order valence-electron chi connectivity index (χ4n) is 3.22. The summed E-state index contributed by atoms with van der Waals surface area (Å²) < 4.78 is 11.5. The van der Waals surface area contributed by atoms with Crippen molar-refractivity contribution in [3.05, 3.63) is 29.3 Å². The first-order valence-electron chi connectivity index (χ1n) is 9.40. The maximum absolute atomic E-state index is 6.10. The van der Waals surface area contributed by atoms with Crippen LogP contribution in [0, 0.1) is 5.92 Å². The van der Waals surface area contributed by atoms with E-state index in [0.717, 1.165) is 51.0 Å². The molecule has 0 unspecified atom stereocenters. The predicted molar refractivity (Wildman–Crippen MR) is 94.2 cm³/mol. The van der Waals surface area contributed by atoms with Crippen LogP contribution in [0.4, 0.5) is 0 Å². The second-order valence-electron chi connectivity index (χ2n) is 7.00. The first-order chi connectivity index (χ1) is 11.3. The van der Waals surface area contributed by atoms with E-state index in [0.29, 0.717) is 0 Å². The standard InChI is InChI=1S/C20H31NO2/c1-2-4-17-8-9-20(23-16-18-6-7-18)19(15-17)5-3-10-21-11-13-22-14-12-21/h8-9,15,18H,2-7,10-14,16H2,1H3.